The summed E-state index contributed by atoms with van der Waals surface area (Å²) in [7, 11) is 2.22. The minimum absolute atomic E-state index is 0.253. The number of carbonyl (C=O) groups is 1. The smallest absolute Gasteiger partial charge is 0.219 e. The molecule has 0 atom stereocenters. The quantitative estimate of drug-likeness (QED) is 0.734. The minimum atomic E-state index is 0.253. The second-order valence-corrected chi connectivity index (χ2v) is 5.93. The Morgan fingerprint density at radius 3 is 1.94 bits per heavy atom. The van der Waals surface area contributed by atoms with E-state index < -0.39 is 0 Å². The lowest BCUT2D eigenvalue weighted by Gasteiger charge is -2.35. The van der Waals surface area contributed by atoms with Crippen molar-refractivity contribution in [2.45, 2.75) is 39.0 Å². The highest BCUT2D eigenvalue weighted by Gasteiger charge is 2.25. The van der Waals surface area contributed by atoms with Gasteiger partial charge in [0.1, 0.15) is 0 Å². The molecule has 0 aromatic carbocycles. The Balaban J connectivity index is 1.69. The molecule has 2 aliphatic heterocycles. The lowest BCUT2D eigenvalue weighted by Crippen LogP contribution is -2.38. The van der Waals surface area contributed by atoms with Crippen molar-refractivity contribution in [2.75, 3.05) is 33.2 Å². The molecule has 0 unspecified atom stereocenters. The molecular formula is C14H26N2O. The maximum Gasteiger partial charge on any atom is 0.219 e. The molecule has 1 amide bonds. The summed E-state index contributed by atoms with van der Waals surface area (Å²) in [4.78, 5) is 15.7. The SMILES string of the molecule is CC(=O)N1CCC(CC2CCN(C)CC2)CC1. The van der Waals surface area contributed by atoms with Crippen LogP contribution in [0.4, 0.5) is 0 Å². The molecule has 0 spiro atoms. The highest BCUT2D eigenvalue weighted by molar-refractivity contribution is 5.73. The zero-order valence-corrected chi connectivity index (χ0v) is 11.3. The van der Waals surface area contributed by atoms with Crippen molar-refractivity contribution in [1.29, 1.82) is 0 Å². The monoisotopic (exact) mass is 238 g/mol. The lowest BCUT2D eigenvalue weighted by molar-refractivity contribution is -0.130. The molecule has 0 saturated carbocycles. The number of nitrogens with zero attached hydrogens (tertiary/aromatic N) is 2. The number of rotatable bonds is 2. The second kappa shape index (κ2) is 5.85. The van der Waals surface area contributed by atoms with Gasteiger partial charge in [0.2, 0.25) is 5.91 Å². The molecule has 2 fully saturated rings. The van der Waals surface area contributed by atoms with Gasteiger partial charge in [-0.1, -0.05) is 0 Å². The number of hydrogen-bond donors (Lipinski definition) is 0. The third-order valence-electron chi connectivity index (χ3n) is 4.56. The van der Waals surface area contributed by atoms with Crippen LogP contribution in [0.1, 0.15) is 39.0 Å². The molecule has 0 aromatic heterocycles. The van der Waals surface area contributed by atoms with Gasteiger partial charge in [-0.15, -0.1) is 0 Å². The van der Waals surface area contributed by atoms with Crippen LogP contribution in [0, 0.1) is 11.8 Å². The van der Waals surface area contributed by atoms with Crippen LogP contribution < -0.4 is 0 Å². The zero-order valence-electron chi connectivity index (χ0n) is 11.3. The normalized spacial score (nSPS) is 25.2. The average Bonchev–Trinajstić information content (AvgIpc) is 2.33. The van der Waals surface area contributed by atoms with Gasteiger partial charge in [-0.25, -0.2) is 0 Å². The van der Waals surface area contributed by atoms with Gasteiger partial charge in [0.05, 0.1) is 0 Å². The number of likely N-dealkylation sites (tertiary alicyclic amines) is 2. The molecule has 17 heavy (non-hydrogen) atoms. The predicted octanol–water partition coefficient (Wildman–Crippen LogP) is 1.98. The van der Waals surface area contributed by atoms with E-state index in [0.29, 0.717) is 0 Å². The number of piperidine rings is 2. The molecular weight excluding hydrogens is 212 g/mol. The van der Waals surface area contributed by atoms with Crippen LogP contribution in [0.25, 0.3) is 0 Å². The zero-order chi connectivity index (χ0) is 12.3. The summed E-state index contributed by atoms with van der Waals surface area (Å²) < 4.78 is 0. The Bertz CT molecular complexity index is 251. The van der Waals surface area contributed by atoms with Crippen LogP contribution in [0.15, 0.2) is 0 Å². The standard InChI is InChI=1S/C14H26N2O/c1-12(17)16-9-5-14(6-10-16)11-13-3-7-15(2)8-4-13/h13-14H,3-11H2,1-2H3. The van der Waals surface area contributed by atoms with Crippen molar-refractivity contribution in [3.8, 4) is 0 Å². The predicted molar refractivity (Wildman–Crippen MR) is 69.8 cm³/mol. The first kappa shape index (κ1) is 12.9. The summed E-state index contributed by atoms with van der Waals surface area (Å²) in [5, 5.41) is 0. The van der Waals surface area contributed by atoms with Crippen LogP contribution >= 0.6 is 0 Å². The third-order valence-corrected chi connectivity index (χ3v) is 4.56. The molecule has 3 heteroatoms. The summed E-state index contributed by atoms with van der Waals surface area (Å²) in [6.45, 7) is 6.23. The molecule has 2 heterocycles. The van der Waals surface area contributed by atoms with E-state index in [0.717, 1.165) is 24.9 Å². The van der Waals surface area contributed by atoms with Gasteiger partial charge < -0.3 is 9.80 Å². The maximum absolute atomic E-state index is 11.3. The van der Waals surface area contributed by atoms with Gasteiger partial charge in [-0.05, 0) is 64.1 Å². The van der Waals surface area contributed by atoms with Gasteiger partial charge >= 0.3 is 0 Å². The summed E-state index contributed by atoms with van der Waals surface area (Å²) in [6.07, 6.45) is 6.62. The first-order valence-corrected chi connectivity index (χ1v) is 7.09. The summed E-state index contributed by atoms with van der Waals surface area (Å²) in [5.74, 6) is 2.07. The Morgan fingerprint density at radius 2 is 1.47 bits per heavy atom. The third kappa shape index (κ3) is 3.70. The largest absolute Gasteiger partial charge is 0.343 e. The Kier molecular flexibility index (Phi) is 4.43. The van der Waals surface area contributed by atoms with Crippen molar-refractivity contribution in [3.05, 3.63) is 0 Å². The summed E-state index contributed by atoms with van der Waals surface area (Å²) >= 11 is 0. The van der Waals surface area contributed by atoms with E-state index in [-0.39, 0.29) is 5.91 Å². The van der Waals surface area contributed by atoms with Crippen LogP contribution in [-0.4, -0.2) is 48.9 Å². The molecule has 3 nitrogen and oxygen atoms in total. The van der Waals surface area contributed by atoms with E-state index in [2.05, 4.69) is 11.9 Å². The molecule has 2 rings (SSSR count). The second-order valence-electron chi connectivity index (χ2n) is 5.93. The number of hydrogen-bond acceptors (Lipinski definition) is 2. The van der Waals surface area contributed by atoms with Gasteiger partial charge in [-0.3, -0.25) is 4.79 Å². The number of amides is 1. The molecule has 2 saturated heterocycles. The number of carbonyl (C=O) groups excluding carboxylic acids is 1. The van der Waals surface area contributed by atoms with Crippen molar-refractivity contribution >= 4 is 5.91 Å². The van der Waals surface area contributed by atoms with E-state index in [1.165, 1.54) is 45.2 Å². The fourth-order valence-corrected chi connectivity index (χ4v) is 3.25. The van der Waals surface area contributed by atoms with E-state index >= 15 is 0 Å². The van der Waals surface area contributed by atoms with Gasteiger partial charge in [-0.2, -0.15) is 0 Å². The van der Waals surface area contributed by atoms with Gasteiger partial charge in [0.15, 0.2) is 0 Å². The van der Waals surface area contributed by atoms with Crippen molar-refractivity contribution in [2.24, 2.45) is 11.8 Å². The first-order chi connectivity index (χ1) is 8.15. The maximum atomic E-state index is 11.3. The molecule has 0 radical (unpaired) electrons. The highest BCUT2D eigenvalue weighted by atomic mass is 16.2. The lowest BCUT2D eigenvalue weighted by atomic mass is 9.83. The molecule has 98 valence electrons. The Morgan fingerprint density at radius 1 is 1.00 bits per heavy atom. The summed E-state index contributed by atoms with van der Waals surface area (Å²) in [6, 6.07) is 0. The fraction of sp³-hybridized carbons (Fsp3) is 0.929. The van der Waals surface area contributed by atoms with Crippen LogP contribution in [0.3, 0.4) is 0 Å². The van der Waals surface area contributed by atoms with Crippen LogP contribution in [0.2, 0.25) is 0 Å². The van der Waals surface area contributed by atoms with E-state index in [1.54, 1.807) is 6.92 Å². The molecule has 0 aromatic rings. The Hall–Kier alpha value is -0.570. The topological polar surface area (TPSA) is 23.6 Å². The molecule has 0 N–H and O–H groups in total. The van der Waals surface area contributed by atoms with Crippen LogP contribution in [-0.2, 0) is 4.79 Å². The fourth-order valence-electron chi connectivity index (χ4n) is 3.25. The first-order valence-electron chi connectivity index (χ1n) is 7.09. The molecule has 2 aliphatic rings. The van der Waals surface area contributed by atoms with Crippen LogP contribution in [0.5, 0.6) is 0 Å². The minimum Gasteiger partial charge on any atom is -0.343 e. The highest BCUT2D eigenvalue weighted by Crippen LogP contribution is 2.29. The Labute approximate surface area is 105 Å². The van der Waals surface area contributed by atoms with E-state index in [4.69, 9.17) is 0 Å². The van der Waals surface area contributed by atoms with E-state index in [1.807, 2.05) is 4.90 Å². The van der Waals surface area contributed by atoms with Crippen molar-refractivity contribution < 1.29 is 4.79 Å². The van der Waals surface area contributed by atoms with Crippen molar-refractivity contribution in [1.82, 2.24) is 9.80 Å². The molecule has 0 aliphatic carbocycles. The molecule has 0 bridgehead atoms. The average molecular weight is 238 g/mol. The van der Waals surface area contributed by atoms with Gasteiger partial charge in [0, 0.05) is 20.0 Å². The van der Waals surface area contributed by atoms with Gasteiger partial charge in [0.25, 0.3) is 0 Å². The van der Waals surface area contributed by atoms with E-state index in [9.17, 15) is 4.79 Å². The van der Waals surface area contributed by atoms with Crippen molar-refractivity contribution in [3.63, 3.8) is 0 Å². The summed E-state index contributed by atoms with van der Waals surface area (Å²) in [5.41, 5.74) is 0.